The lowest BCUT2D eigenvalue weighted by molar-refractivity contribution is -0.120. The number of esters is 1. The molecule has 0 radical (unpaired) electrons. The quantitative estimate of drug-likeness (QED) is 0.789. The van der Waals surface area contributed by atoms with E-state index in [-0.39, 0.29) is 17.3 Å². The van der Waals surface area contributed by atoms with Crippen LogP contribution in [0.5, 0.6) is 0 Å². The van der Waals surface area contributed by atoms with Gasteiger partial charge in [0.25, 0.3) is 0 Å². The standard InChI is InChI=1S/C14H18N2O3/c1-2-19-12(17)10-3-5-11(6-4-10)16-13(18)14(9-15)7-8-14/h3-6H,2,7-9,15H2,1H3,(H,16,18). The Bertz CT molecular complexity index is 478. The van der Waals surface area contributed by atoms with Crippen LogP contribution in [-0.4, -0.2) is 25.0 Å². The Morgan fingerprint density at radius 1 is 1.32 bits per heavy atom. The third kappa shape index (κ3) is 2.93. The molecule has 5 heteroatoms. The molecule has 5 nitrogen and oxygen atoms in total. The van der Waals surface area contributed by atoms with E-state index in [9.17, 15) is 9.59 Å². The first-order valence-electron chi connectivity index (χ1n) is 6.40. The summed E-state index contributed by atoms with van der Waals surface area (Å²) < 4.78 is 4.89. The monoisotopic (exact) mass is 262 g/mol. The molecular formula is C14H18N2O3. The number of carbonyl (C=O) groups is 2. The van der Waals surface area contributed by atoms with Gasteiger partial charge in [-0.3, -0.25) is 4.79 Å². The lowest BCUT2D eigenvalue weighted by Gasteiger charge is -2.12. The van der Waals surface area contributed by atoms with Gasteiger partial charge in [0.15, 0.2) is 0 Å². The summed E-state index contributed by atoms with van der Waals surface area (Å²) in [6, 6.07) is 6.65. The van der Waals surface area contributed by atoms with Crippen LogP contribution < -0.4 is 11.1 Å². The molecule has 2 rings (SSSR count). The van der Waals surface area contributed by atoms with Gasteiger partial charge in [-0.15, -0.1) is 0 Å². The summed E-state index contributed by atoms with van der Waals surface area (Å²) >= 11 is 0. The number of ether oxygens (including phenoxy) is 1. The summed E-state index contributed by atoms with van der Waals surface area (Å²) in [5, 5.41) is 2.82. The van der Waals surface area contributed by atoms with E-state index in [2.05, 4.69) is 5.32 Å². The van der Waals surface area contributed by atoms with Gasteiger partial charge in [0, 0.05) is 12.2 Å². The zero-order valence-electron chi connectivity index (χ0n) is 10.9. The zero-order valence-corrected chi connectivity index (χ0v) is 10.9. The number of hydrogen-bond acceptors (Lipinski definition) is 4. The summed E-state index contributed by atoms with van der Waals surface area (Å²) in [5.74, 6) is -0.403. The van der Waals surface area contributed by atoms with E-state index in [1.165, 1.54) is 0 Å². The van der Waals surface area contributed by atoms with Crippen molar-refractivity contribution >= 4 is 17.6 Å². The van der Waals surface area contributed by atoms with Gasteiger partial charge in [0.05, 0.1) is 17.6 Å². The van der Waals surface area contributed by atoms with Crippen LogP contribution in [0, 0.1) is 5.41 Å². The Hall–Kier alpha value is -1.88. The summed E-state index contributed by atoms with van der Waals surface area (Å²) in [4.78, 5) is 23.4. The first-order valence-corrected chi connectivity index (χ1v) is 6.40. The molecule has 1 aromatic rings. The first kappa shape index (κ1) is 13.5. The summed E-state index contributed by atoms with van der Waals surface area (Å²) in [7, 11) is 0. The second-order valence-electron chi connectivity index (χ2n) is 4.74. The molecular weight excluding hydrogens is 244 g/mol. The van der Waals surface area contributed by atoms with E-state index in [1.54, 1.807) is 31.2 Å². The number of anilines is 1. The van der Waals surface area contributed by atoms with Crippen LogP contribution in [0.3, 0.4) is 0 Å². The maximum Gasteiger partial charge on any atom is 0.338 e. The summed E-state index contributed by atoms with van der Waals surface area (Å²) in [6.45, 7) is 2.48. The minimum Gasteiger partial charge on any atom is -0.462 e. The molecule has 0 bridgehead atoms. The van der Waals surface area contributed by atoms with Crippen molar-refractivity contribution in [3.8, 4) is 0 Å². The minimum atomic E-state index is -0.375. The average molecular weight is 262 g/mol. The van der Waals surface area contributed by atoms with Crippen LogP contribution in [0.15, 0.2) is 24.3 Å². The maximum atomic E-state index is 12.0. The van der Waals surface area contributed by atoms with Gasteiger partial charge in [0.2, 0.25) is 5.91 Å². The van der Waals surface area contributed by atoms with Crippen molar-refractivity contribution in [2.45, 2.75) is 19.8 Å². The molecule has 0 heterocycles. The molecule has 0 atom stereocenters. The fraction of sp³-hybridized carbons (Fsp3) is 0.429. The van der Waals surface area contributed by atoms with Gasteiger partial charge in [-0.05, 0) is 44.0 Å². The van der Waals surface area contributed by atoms with E-state index in [1.807, 2.05) is 0 Å². The number of benzene rings is 1. The molecule has 1 aliphatic rings. The molecule has 1 saturated carbocycles. The third-order valence-corrected chi connectivity index (χ3v) is 3.38. The number of carbonyl (C=O) groups excluding carboxylic acids is 2. The number of rotatable bonds is 5. The highest BCUT2D eigenvalue weighted by Gasteiger charge is 2.48. The second-order valence-corrected chi connectivity index (χ2v) is 4.74. The minimum absolute atomic E-state index is 0.0427. The number of nitrogens with one attached hydrogen (secondary N) is 1. The van der Waals surface area contributed by atoms with Crippen molar-refractivity contribution in [1.82, 2.24) is 0 Å². The molecule has 0 aromatic heterocycles. The topological polar surface area (TPSA) is 81.4 Å². The SMILES string of the molecule is CCOC(=O)c1ccc(NC(=O)C2(CN)CC2)cc1. The highest BCUT2D eigenvalue weighted by molar-refractivity contribution is 5.98. The lowest BCUT2D eigenvalue weighted by Crippen LogP contribution is -2.30. The van der Waals surface area contributed by atoms with Crippen LogP contribution >= 0.6 is 0 Å². The Morgan fingerprint density at radius 2 is 1.95 bits per heavy atom. The molecule has 1 aliphatic carbocycles. The molecule has 1 fully saturated rings. The molecule has 0 spiro atoms. The summed E-state index contributed by atoms with van der Waals surface area (Å²) in [6.07, 6.45) is 1.69. The number of nitrogens with two attached hydrogens (primary N) is 1. The molecule has 3 N–H and O–H groups in total. The fourth-order valence-electron chi connectivity index (χ4n) is 1.84. The van der Waals surface area contributed by atoms with E-state index in [0.29, 0.717) is 24.4 Å². The predicted octanol–water partition coefficient (Wildman–Crippen LogP) is 1.54. The van der Waals surface area contributed by atoms with E-state index >= 15 is 0 Å². The van der Waals surface area contributed by atoms with Crippen molar-refractivity contribution in [2.24, 2.45) is 11.1 Å². The van der Waals surface area contributed by atoms with Crippen molar-refractivity contribution in [2.75, 3.05) is 18.5 Å². The van der Waals surface area contributed by atoms with Gasteiger partial charge in [0.1, 0.15) is 0 Å². The average Bonchev–Trinajstić information content (AvgIpc) is 3.21. The van der Waals surface area contributed by atoms with Crippen LogP contribution in [0.2, 0.25) is 0 Å². The van der Waals surface area contributed by atoms with Gasteiger partial charge in [-0.25, -0.2) is 4.79 Å². The largest absolute Gasteiger partial charge is 0.462 e. The molecule has 1 aromatic carbocycles. The van der Waals surface area contributed by atoms with Crippen LogP contribution in [0.25, 0.3) is 0 Å². The zero-order chi connectivity index (χ0) is 13.9. The Morgan fingerprint density at radius 3 is 2.42 bits per heavy atom. The highest BCUT2D eigenvalue weighted by Crippen LogP contribution is 2.45. The van der Waals surface area contributed by atoms with Crippen molar-refractivity contribution < 1.29 is 14.3 Å². The Kier molecular flexibility index (Phi) is 3.85. The van der Waals surface area contributed by atoms with Crippen LogP contribution in [-0.2, 0) is 9.53 Å². The van der Waals surface area contributed by atoms with Crippen LogP contribution in [0.1, 0.15) is 30.1 Å². The maximum absolute atomic E-state index is 12.0. The van der Waals surface area contributed by atoms with Gasteiger partial charge in [-0.2, -0.15) is 0 Å². The first-order chi connectivity index (χ1) is 9.11. The Balaban J connectivity index is 1.99. The van der Waals surface area contributed by atoms with Crippen molar-refractivity contribution in [3.05, 3.63) is 29.8 Å². The van der Waals surface area contributed by atoms with Gasteiger partial charge in [-0.1, -0.05) is 0 Å². The van der Waals surface area contributed by atoms with E-state index < -0.39 is 0 Å². The van der Waals surface area contributed by atoms with Crippen molar-refractivity contribution in [1.29, 1.82) is 0 Å². The number of hydrogen-bond donors (Lipinski definition) is 2. The van der Waals surface area contributed by atoms with E-state index in [4.69, 9.17) is 10.5 Å². The molecule has 1 amide bonds. The highest BCUT2D eigenvalue weighted by atomic mass is 16.5. The second kappa shape index (κ2) is 5.40. The predicted molar refractivity (Wildman–Crippen MR) is 71.7 cm³/mol. The normalized spacial score (nSPS) is 15.7. The van der Waals surface area contributed by atoms with Gasteiger partial charge < -0.3 is 15.8 Å². The molecule has 0 unspecified atom stereocenters. The summed E-state index contributed by atoms with van der Waals surface area (Å²) in [5.41, 5.74) is 6.36. The molecule has 102 valence electrons. The molecule has 0 aliphatic heterocycles. The van der Waals surface area contributed by atoms with Crippen LogP contribution in [0.4, 0.5) is 5.69 Å². The molecule has 0 saturated heterocycles. The Labute approximate surface area is 112 Å². The lowest BCUT2D eigenvalue weighted by atomic mass is 10.1. The fourth-order valence-corrected chi connectivity index (χ4v) is 1.84. The van der Waals surface area contributed by atoms with Gasteiger partial charge >= 0.3 is 5.97 Å². The third-order valence-electron chi connectivity index (χ3n) is 3.38. The van der Waals surface area contributed by atoms with Crippen molar-refractivity contribution in [3.63, 3.8) is 0 Å². The molecule has 19 heavy (non-hydrogen) atoms. The smallest absolute Gasteiger partial charge is 0.338 e. The number of amides is 1. The van der Waals surface area contributed by atoms with E-state index in [0.717, 1.165) is 12.8 Å².